The van der Waals surface area contributed by atoms with Gasteiger partial charge in [-0.15, -0.1) is 0 Å². The highest BCUT2D eigenvalue weighted by Gasteiger charge is 2.19. The van der Waals surface area contributed by atoms with Crippen LogP contribution >= 0.6 is 0 Å². The third-order valence-corrected chi connectivity index (χ3v) is 4.68. The Bertz CT molecular complexity index is 1280. The number of nitrogens with one attached hydrogen (secondary N) is 1. The third-order valence-electron chi connectivity index (χ3n) is 4.68. The van der Waals surface area contributed by atoms with Crippen molar-refractivity contribution < 1.29 is 14.3 Å². The largest absolute Gasteiger partial charge is 0.453 e. The Balaban J connectivity index is 1.77. The summed E-state index contributed by atoms with van der Waals surface area (Å²) in [4.78, 5) is 32.4. The average Bonchev–Trinajstić information content (AvgIpc) is 3.13. The molecule has 3 heterocycles. The van der Waals surface area contributed by atoms with Gasteiger partial charge in [0, 0.05) is 30.4 Å². The van der Waals surface area contributed by atoms with Crippen molar-refractivity contribution in [2.75, 3.05) is 5.32 Å². The first-order valence-electron chi connectivity index (χ1n) is 9.77. The van der Waals surface area contributed by atoms with E-state index in [-0.39, 0.29) is 0 Å². The van der Waals surface area contributed by atoms with Crippen LogP contribution in [0, 0.1) is 6.92 Å². The minimum atomic E-state index is -0.928. The molecule has 0 saturated carbocycles. The number of aryl methyl sites for hydroxylation is 1. The van der Waals surface area contributed by atoms with Crippen LogP contribution in [0.25, 0.3) is 28.2 Å². The summed E-state index contributed by atoms with van der Waals surface area (Å²) in [6.45, 7) is 4.79. The van der Waals surface area contributed by atoms with Gasteiger partial charge in [0.05, 0.1) is 5.69 Å². The number of imidazole rings is 1. The molecule has 8 nitrogen and oxygen atoms in total. The van der Waals surface area contributed by atoms with E-state index in [0.717, 1.165) is 28.1 Å². The Morgan fingerprint density at radius 1 is 1.06 bits per heavy atom. The molecule has 8 heteroatoms. The summed E-state index contributed by atoms with van der Waals surface area (Å²) in [5.74, 6) is -0.651. The minimum Gasteiger partial charge on any atom is -0.453 e. The number of amides is 1. The number of carbonyl (C=O) groups is 2. The second-order valence-corrected chi connectivity index (χ2v) is 7.14. The van der Waals surface area contributed by atoms with E-state index in [1.165, 1.54) is 13.8 Å². The standard InChI is InChI=1S/C23H21N5O3/c1-14-6-4-7-17(12-14)21-22(28-20(27-21)8-5-10-25-28)18-9-11-24-19(13-18)26-23(30)15(2)31-16(3)29/h4-13,15H,1-3H3,(H,24,26,30). The van der Waals surface area contributed by atoms with E-state index in [1.807, 2.05) is 43.3 Å². The van der Waals surface area contributed by atoms with Crippen LogP contribution in [0.5, 0.6) is 0 Å². The highest BCUT2D eigenvalue weighted by atomic mass is 16.5. The fraction of sp³-hybridized carbons (Fsp3) is 0.174. The molecule has 0 fully saturated rings. The highest BCUT2D eigenvalue weighted by molar-refractivity contribution is 5.95. The van der Waals surface area contributed by atoms with Crippen LogP contribution in [0.2, 0.25) is 0 Å². The molecule has 0 radical (unpaired) electrons. The van der Waals surface area contributed by atoms with Gasteiger partial charge in [0.1, 0.15) is 11.5 Å². The number of ether oxygens (including phenoxy) is 1. The lowest BCUT2D eigenvalue weighted by molar-refractivity contribution is -0.150. The van der Waals surface area contributed by atoms with E-state index in [4.69, 9.17) is 9.72 Å². The normalized spacial score (nSPS) is 11.8. The predicted octanol–water partition coefficient (Wildman–Crippen LogP) is 3.66. The molecule has 4 aromatic rings. The van der Waals surface area contributed by atoms with E-state index in [1.54, 1.807) is 23.0 Å². The SMILES string of the molecule is CC(=O)OC(C)C(=O)Nc1cc(-c2c(-c3cccc(C)c3)nc3cccnn23)ccn1. The van der Waals surface area contributed by atoms with E-state index in [9.17, 15) is 9.59 Å². The summed E-state index contributed by atoms with van der Waals surface area (Å²) >= 11 is 0. The lowest BCUT2D eigenvalue weighted by atomic mass is 10.0. The van der Waals surface area contributed by atoms with E-state index in [0.29, 0.717) is 11.5 Å². The molecule has 0 saturated heterocycles. The molecule has 0 bridgehead atoms. The van der Waals surface area contributed by atoms with Gasteiger partial charge >= 0.3 is 5.97 Å². The van der Waals surface area contributed by atoms with Crippen molar-refractivity contribution in [2.45, 2.75) is 26.9 Å². The third kappa shape index (κ3) is 4.28. The van der Waals surface area contributed by atoms with Gasteiger partial charge in [-0.1, -0.05) is 23.8 Å². The Labute approximate surface area is 178 Å². The molecule has 1 N–H and O–H groups in total. The van der Waals surface area contributed by atoms with Gasteiger partial charge in [-0.2, -0.15) is 5.10 Å². The monoisotopic (exact) mass is 415 g/mol. The average molecular weight is 415 g/mol. The first kappa shape index (κ1) is 20.2. The van der Waals surface area contributed by atoms with Crippen LogP contribution in [-0.2, 0) is 14.3 Å². The molecule has 0 aliphatic carbocycles. The molecule has 1 amide bonds. The van der Waals surface area contributed by atoms with Gasteiger partial charge in [-0.05, 0) is 44.2 Å². The molecular formula is C23H21N5O3. The maximum absolute atomic E-state index is 12.3. The quantitative estimate of drug-likeness (QED) is 0.500. The predicted molar refractivity (Wildman–Crippen MR) is 116 cm³/mol. The van der Waals surface area contributed by atoms with Crippen molar-refractivity contribution in [2.24, 2.45) is 0 Å². The summed E-state index contributed by atoms with van der Waals surface area (Å²) in [5.41, 5.74) is 5.14. The summed E-state index contributed by atoms with van der Waals surface area (Å²) in [6, 6.07) is 15.4. The van der Waals surface area contributed by atoms with E-state index in [2.05, 4.69) is 21.5 Å². The van der Waals surface area contributed by atoms with Crippen LogP contribution in [0.1, 0.15) is 19.4 Å². The number of aromatic nitrogens is 4. The molecule has 156 valence electrons. The topological polar surface area (TPSA) is 98.5 Å². The number of esters is 1. The van der Waals surface area contributed by atoms with Gasteiger partial charge in [0.15, 0.2) is 11.8 Å². The summed E-state index contributed by atoms with van der Waals surface area (Å²) in [6.07, 6.45) is 2.37. The molecule has 3 aromatic heterocycles. The molecule has 1 atom stereocenters. The molecular weight excluding hydrogens is 394 g/mol. The Hall–Kier alpha value is -4.07. The van der Waals surface area contributed by atoms with Gasteiger partial charge in [0.25, 0.3) is 5.91 Å². The van der Waals surface area contributed by atoms with E-state index < -0.39 is 18.0 Å². The summed E-state index contributed by atoms with van der Waals surface area (Å²) in [7, 11) is 0. The fourth-order valence-electron chi connectivity index (χ4n) is 3.32. The van der Waals surface area contributed by atoms with E-state index >= 15 is 0 Å². The minimum absolute atomic E-state index is 0.336. The molecule has 0 aliphatic rings. The molecule has 4 rings (SSSR count). The molecule has 0 aliphatic heterocycles. The van der Waals surface area contributed by atoms with Crippen LogP contribution in [0.4, 0.5) is 5.82 Å². The van der Waals surface area contributed by atoms with Crippen molar-refractivity contribution in [1.82, 2.24) is 19.6 Å². The molecule has 31 heavy (non-hydrogen) atoms. The van der Waals surface area contributed by atoms with Crippen molar-refractivity contribution in [3.05, 3.63) is 66.5 Å². The number of hydrogen-bond donors (Lipinski definition) is 1. The van der Waals surface area contributed by atoms with Crippen molar-refractivity contribution >= 4 is 23.3 Å². The zero-order valence-electron chi connectivity index (χ0n) is 17.4. The number of hydrogen-bond acceptors (Lipinski definition) is 6. The number of benzene rings is 1. The molecule has 0 spiro atoms. The van der Waals surface area contributed by atoms with Gasteiger partial charge in [-0.3, -0.25) is 9.59 Å². The zero-order chi connectivity index (χ0) is 22.0. The fourth-order valence-corrected chi connectivity index (χ4v) is 3.32. The smallest absolute Gasteiger partial charge is 0.303 e. The Kier molecular flexibility index (Phi) is 5.44. The second kappa shape index (κ2) is 8.35. The lowest BCUT2D eigenvalue weighted by Gasteiger charge is -2.12. The summed E-state index contributed by atoms with van der Waals surface area (Å²) < 4.78 is 6.69. The number of carbonyl (C=O) groups excluding carboxylic acids is 2. The maximum Gasteiger partial charge on any atom is 0.303 e. The van der Waals surface area contributed by atoms with Crippen molar-refractivity contribution in [1.29, 1.82) is 0 Å². The van der Waals surface area contributed by atoms with Crippen LogP contribution in [-0.4, -0.2) is 37.6 Å². The number of anilines is 1. The molecule has 1 aromatic carbocycles. The Morgan fingerprint density at radius 2 is 1.90 bits per heavy atom. The second-order valence-electron chi connectivity index (χ2n) is 7.14. The maximum atomic E-state index is 12.3. The number of pyridine rings is 1. The van der Waals surface area contributed by atoms with Crippen molar-refractivity contribution in [3.63, 3.8) is 0 Å². The lowest BCUT2D eigenvalue weighted by Crippen LogP contribution is -2.29. The molecule has 1 unspecified atom stereocenters. The van der Waals surface area contributed by atoms with Crippen LogP contribution in [0.15, 0.2) is 60.9 Å². The van der Waals surface area contributed by atoms with Crippen LogP contribution < -0.4 is 5.32 Å². The Morgan fingerprint density at radius 3 is 2.68 bits per heavy atom. The van der Waals surface area contributed by atoms with Crippen molar-refractivity contribution in [3.8, 4) is 22.5 Å². The van der Waals surface area contributed by atoms with Crippen LogP contribution in [0.3, 0.4) is 0 Å². The summed E-state index contributed by atoms with van der Waals surface area (Å²) in [5, 5.41) is 7.16. The first-order valence-corrected chi connectivity index (χ1v) is 9.77. The zero-order valence-corrected chi connectivity index (χ0v) is 17.4. The number of nitrogens with zero attached hydrogens (tertiary/aromatic N) is 4. The number of rotatable bonds is 5. The number of fused-ring (bicyclic) bond motifs is 1. The first-order chi connectivity index (χ1) is 14.9. The van der Waals surface area contributed by atoms with Gasteiger partial charge in [0.2, 0.25) is 0 Å². The van der Waals surface area contributed by atoms with Gasteiger partial charge in [-0.25, -0.2) is 14.5 Å². The van der Waals surface area contributed by atoms with Gasteiger partial charge < -0.3 is 10.1 Å². The highest BCUT2D eigenvalue weighted by Crippen LogP contribution is 2.33.